The molecule has 0 aliphatic heterocycles. The summed E-state index contributed by atoms with van der Waals surface area (Å²) in [7, 11) is 0. The van der Waals surface area contributed by atoms with Crippen LogP contribution in [0.15, 0.2) is 0 Å². The quantitative estimate of drug-likeness (QED) is 0.707. The molecule has 0 spiro atoms. The smallest absolute Gasteiger partial charge is 0.309 e. The lowest BCUT2D eigenvalue weighted by atomic mass is 9.53. The molecule has 14 heavy (non-hydrogen) atoms. The Bertz CT molecular complexity index is 247. The molecule has 4 heteroatoms. The highest BCUT2D eigenvalue weighted by molar-refractivity contribution is 5.85. The van der Waals surface area contributed by atoms with Crippen molar-refractivity contribution in [2.75, 3.05) is 0 Å². The molecule has 0 radical (unpaired) electrons. The predicted octanol–water partition coefficient (Wildman–Crippen LogP) is 1.79. The molecule has 0 aromatic carbocycles. The monoisotopic (exact) mass is 219 g/mol. The maximum atomic E-state index is 11.2. The van der Waals surface area contributed by atoms with Crippen LogP contribution in [-0.4, -0.2) is 16.6 Å². The van der Waals surface area contributed by atoms with Crippen molar-refractivity contribution in [2.24, 2.45) is 17.1 Å². The molecule has 1 unspecified atom stereocenters. The lowest BCUT2D eigenvalue weighted by Gasteiger charge is -2.53. The first-order valence-electron chi connectivity index (χ1n) is 5.01. The van der Waals surface area contributed by atoms with Crippen molar-refractivity contribution in [3.8, 4) is 0 Å². The van der Waals surface area contributed by atoms with Crippen LogP contribution in [0.2, 0.25) is 0 Å². The summed E-state index contributed by atoms with van der Waals surface area (Å²) >= 11 is 0. The number of fused-ring (bicyclic) bond motifs is 3. The Balaban J connectivity index is 0.000000980. The average Bonchev–Trinajstić information content (AvgIpc) is 2.03. The summed E-state index contributed by atoms with van der Waals surface area (Å²) in [6.45, 7) is 2.04. The molecule has 3 aliphatic rings. The molecule has 0 aromatic heterocycles. The summed E-state index contributed by atoms with van der Waals surface area (Å²) in [4.78, 5) is 11.2. The fraction of sp³-hybridized carbons (Fsp3) is 0.900. The van der Waals surface area contributed by atoms with Crippen LogP contribution in [0.4, 0.5) is 0 Å². The number of nitrogens with two attached hydrogens (primary N) is 1. The highest BCUT2D eigenvalue weighted by atomic mass is 35.5. The number of carboxylic acids is 1. The topological polar surface area (TPSA) is 63.3 Å². The van der Waals surface area contributed by atoms with E-state index in [0.717, 1.165) is 32.1 Å². The van der Waals surface area contributed by atoms with E-state index in [4.69, 9.17) is 5.73 Å². The van der Waals surface area contributed by atoms with Crippen molar-refractivity contribution in [3.05, 3.63) is 0 Å². The second kappa shape index (κ2) is 3.38. The first kappa shape index (κ1) is 11.8. The van der Waals surface area contributed by atoms with E-state index in [2.05, 4.69) is 0 Å². The van der Waals surface area contributed by atoms with Crippen LogP contribution in [0.3, 0.4) is 0 Å². The van der Waals surface area contributed by atoms with Gasteiger partial charge in [-0.05, 0) is 38.0 Å². The third-order valence-electron chi connectivity index (χ3n) is 4.22. The van der Waals surface area contributed by atoms with E-state index in [9.17, 15) is 9.90 Å². The largest absolute Gasteiger partial charge is 0.481 e. The highest BCUT2D eigenvalue weighted by Gasteiger charge is 2.55. The minimum atomic E-state index is -0.609. The summed E-state index contributed by atoms with van der Waals surface area (Å²) in [5.74, 6) is -0.362. The number of hydrogen-bond acceptors (Lipinski definition) is 2. The maximum absolute atomic E-state index is 11.2. The van der Waals surface area contributed by atoms with Crippen molar-refractivity contribution in [1.82, 2.24) is 0 Å². The molecule has 0 amide bonds. The summed E-state index contributed by atoms with van der Waals surface area (Å²) in [6, 6.07) is 0. The Morgan fingerprint density at radius 1 is 1.36 bits per heavy atom. The van der Waals surface area contributed by atoms with E-state index >= 15 is 0 Å². The van der Waals surface area contributed by atoms with Crippen LogP contribution >= 0.6 is 12.4 Å². The second-order valence-electron chi connectivity index (χ2n) is 4.93. The lowest BCUT2D eigenvalue weighted by Crippen LogP contribution is -2.58. The molecule has 3 N–H and O–H groups in total. The number of halogens is 1. The third-order valence-corrected chi connectivity index (χ3v) is 4.22. The van der Waals surface area contributed by atoms with Gasteiger partial charge in [-0.25, -0.2) is 0 Å². The van der Waals surface area contributed by atoms with Gasteiger partial charge in [0.15, 0.2) is 0 Å². The summed E-state index contributed by atoms with van der Waals surface area (Å²) < 4.78 is 0. The van der Waals surface area contributed by atoms with Gasteiger partial charge < -0.3 is 10.8 Å². The minimum absolute atomic E-state index is 0. The molecule has 3 aliphatic carbocycles. The highest BCUT2D eigenvalue weighted by Crippen LogP contribution is 2.54. The van der Waals surface area contributed by atoms with Gasteiger partial charge in [-0.2, -0.15) is 0 Å². The van der Waals surface area contributed by atoms with E-state index in [1.54, 1.807) is 0 Å². The number of carbonyl (C=O) groups is 1. The Labute approximate surface area is 90.5 Å². The Kier molecular flexibility index (Phi) is 2.85. The van der Waals surface area contributed by atoms with Crippen LogP contribution in [0.1, 0.15) is 39.0 Å². The van der Waals surface area contributed by atoms with Crippen molar-refractivity contribution < 1.29 is 9.90 Å². The fourth-order valence-electron chi connectivity index (χ4n) is 3.12. The third kappa shape index (κ3) is 1.43. The van der Waals surface area contributed by atoms with Gasteiger partial charge in [0.2, 0.25) is 0 Å². The van der Waals surface area contributed by atoms with E-state index in [-0.39, 0.29) is 23.9 Å². The van der Waals surface area contributed by atoms with Gasteiger partial charge in [0.1, 0.15) is 0 Å². The van der Waals surface area contributed by atoms with Crippen LogP contribution < -0.4 is 5.73 Å². The van der Waals surface area contributed by atoms with Crippen molar-refractivity contribution >= 4 is 18.4 Å². The number of rotatable bonds is 1. The normalized spacial score (nSPS) is 45.7. The zero-order chi connectivity index (χ0) is 9.69. The van der Waals surface area contributed by atoms with Crippen LogP contribution in [0, 0.1) is 11.3 Å². The average molecular weight is 220 g/mol. The van der Waals surface area contributed by atoms with Gasteiger partial charge in [-0.1, -0.05) is 6.92 Å². The van der Waals surface area contributed by atoms with E-state index in [0.29, 0.717) is 0 Å². The molecule has 1 atom stereocenters. The van der Waals surface area contributed by atoms with Crippen LogP contribution in [0.5, 0.6) is 0 Å². The van der Waals surface area contributed by atoms with E-state index < -0.39 is 11.4 Å². The van der Waals surface area contributed by atoms with Gasteiger partial charge in [-0.15, -0.1) is 12.4 Å². The second-order valence-corrected chi connectivity index (χ2v) is 4.93. The maximum Gasteiger partial charge on any atom is 0.309 e. The van der Waals surface area contributed by atoms with Gasteiger partial charge in [0.05, 0.1) is 5.41 Å². The van der Waals surface area contributed by atoms with Crippen molar-refractivity contribution in [1.29, 1.82) is 0 Å². The molecule has 3 fully saturated rings. The molecule has 0 heterocycles. The van der Waals surface area contributed by atoms with Gasteiger partial charge >= 0.3 is 5.97 Å². The number of hydrogen-bond donors (Lipinski definition) is 2. The SMILES string of the molecule is CC1CC2(N)CCC1(C(=O)O)CC2.Cl. The van der Waals surface area contributed by atoms with Crippen LogP contribution in [0.25, 0.3) is 0 Å². The van der Waals surface area contributed by atoms with Gasteiger partial charge in [0, 0.05) is 5.54 Å². The minimum Gasteiger partial charge on any atom is -0.481 e. The fourth-order valence-corrected chi connectivity index (χ4v) is 3.12. The summed E-state index contributed by atoms with van der Waals surface area (Å²) in [6.07, 6.45) is 4.23. The van der Waals surface area contributed by atoms with Crippen LogP contribution in [-0.2, 0) is 4.79 Å². The molecule has 82 valence electrons. The lowest BCUT2D eigenvalue weighted by molar-refractivity contribution is -0.161. The molecule has 3 rings (SSSR count). The molecule has 3 nitrogen and oxygen atoms in total. The zero-order valence-electron chi connectivity index (χ0n) is 8.45. The van der Waals surface area contributed by atoms with Crippen molar-refractivity contribution in [2.45, 2.75) is 44.6 Å². The molecule has 0 saturated heterocycles. The van der Waals surface area contributed by atoms with E-state index in [1.165, 1.54) is 0 Å². The predicted molar refractivity (Wildman–Crippen MR) is 56.5 cm³/mol. The molecular formula is C10H18ClNO2. The first-order valence-corrected chi connectivity index (χ1v) is 5.01. The zero-order valence-corrected chi connectivity index (χ0v) is 9.27. The standard InChI is InChI=1S/C10H17NO2.ClH/c1-7-6-9(11)2-4-10(7,5-3-9)8(12)13;/h7H,2-6,11H2,1H3,(H,12,13);1H. The molecule has 3 saturated carbocycles. The van der Waals surface area contributed by atoms with Gasteiger partial charge in [-0.3, -0.25) is 4.79 Å². The first-order chi connectivity index (χ1) is 5.99. The molecule has 2 bridgehead atoms. The Morgan fingerprint density at radius 3 is 2.21 bits per heavy atom. The van der Waals surface area contributed by atoms with Crippen molar-refractivity contribution in [3.63, 3.8) is 0 Å². The van der Waals surface area contributed by atoms with E-state index in [1.807, 2.05) is 6.92 Å². The summed E-state index contributed by atoms with van der Waals surface area (Å²) in [5, 5.41) is 9.23. The Morgan fingerprint density at radius 2 is 1.86 bits per heavy atom. The Hall–Kier alpha value is -0.280. The molecule has 0 aromatic rings. The van der Waals surface area contributed by atoms with Gasteiger partial charge in [0.25, 0.3) is 0 Å². The number of aliphatic carboxylic acids is 1. The summed E-state index contributed by atoms with van der Waals surface area (Å²) in [5.41, 5.74) is 5.66. The molecular weight excluding hydrogens is 202 g/mol. The number of carboxylic acid groups (broad SMARTS) is 1.